The highest BCUT2D eigenvalue weighted by Crippen LogP contribution is 2.21. The molecule has 0 spiro atoms. The molecule has 2 aromatic rings. The number of hydrogen-bond acceptors (Lipinski definition) is 5. The van der Waals surface area contributed by atoms with Crippen LogP contribution in [0.2, 0.25) is 0 Å². The van der Waals surface area contributed by atoms with Crippen LogP contribution in [-0.4, -0.2) is 40.1 Å². The predicted octanol–water partition coefficient (Wildman–Crippen LogP) is 2.74. The Labute approximate surface area is 148 Å². The Kier molecular flexibility index (Phi) is 5.48. The first-order valence-corrected chi connectivity index (χ1v) is 9.01. The highest BCUT2D eigenvalue weighted by atomic mass is 16.5. The lowest BCUT2D eigenvalue weighted by Gasteiger charge is -2.23. The normalized spacial score (nSPS) is 17.4. The van der Waals surface area contributed by atoms with Crippen LogP contribution in [0, 0.1) is 0 Å². The first-order valence-electron chi connectivity index (χ1n) is 9.01. The minimum absolute atomic E-state index is 0.119. The van der Waals surface area contributed by atoms with Crippen molar-refractivity contribution in [2.45, 2.75) is 51.5 Å². The molecule has 0 bridgehead atoms. The van der Waals surface area contributed by atoms with Gasteiger partial charge in [-0.15, -0.1) is 0 Å². The Hall–Kier alpha value is -2.21. The number of likely N-dealkylation sites (tertiary alicyclic amines) is 1. The van der Waals surface area contributed by atoms with E-state index in [0.29, 0.717) is 37.0 Å². The van der Waals surface area contributed by atoms with E-state index < -0.39 is 0 Å². The lowest BCUT2D eigenvalue weighted by molar-refractivity contribution is -0.131. The van der Waals surface area contributed by atoms with E-state index in [0.717, 1.165) is 24.9 Å². The zero-order valence-electron chi connectivity index (χ0n) is 14.9. The van der Waals surface area contributed by atoms with Gasteiger partial charge in [0.2, 0.25) is 17.6 Å². The van der Waals surface area contributed by atoms with Crippen molar-refractivity contribution in [2.75, 3.05) is 13.1 Å². The second-order valence-electron chi connectivity index (χ2n) is 6.91. The minimum atomic E-state index is 0.119. The van der Waals surface area contributed by atoms with Crippen LogP contribution in [-0.2, 0) is 11.2 Å². The van der Waals surface area contributed by atoms with Crippen molar-refractivity contribution in [3.63, 3.8) is 0 Å². The van der Waals surface area contributed by atoms with Crippen molar-refractivity contribution >= 4 is 5.91 Å². The molecule has 0 saturated carbocycles. The fourth-order valence-corrected chi connectivity index (χ4v) is 3.26. The fourth-order valence-electron chi connectivity index (χ4n) is 3.26. The van der Waals surface area contributed by atoms with E-state index in [1.807, 2.05) is 17.0 Å². The van der Waals surface area contributed by atoms with Crippen LogP contribution in [0.1, 0.15) is 50.5 Å². The predicted molar refractivity (Wildman–Crippen MR) is 95.9 cm³/mol. The quantitative estimate of drug-likeness (QED) is 0.872. The summed E-state index contributed by atoms with van der Waals surface area (Å²) in [6.45, 7) is 5.66. The number of rotatable bonds is 6. The molecule has 1 atom stereocenters. The van der Waals surface area contributed by atoms with E-state index in [1.54, 1.807) is 0 Å². The van der Waals surface area contributed by atoms with Gasteiger partial charge in [-0.25, -0.2) is 0 Å². The van der Waals surface area contributed by atoms with Gasteiger partial charge in [0.1, 0.15) is 0 Å². The maximum absolute atomic E-state index is 12.3. The number of hydrogen-bond donors (Lipinski definition) is 1. The highest BCUT2D eigenvalue weighted by molar-refractivity contribution is 5.77. The van der Waals surface area contributed by atoms with Crippen molar-refractivity contribution in [3.8, 4) is 11.4 Å². The maximum atomic E-state index is 12.3. The van der Waals surface area contributed by atoms with E-state index in [2.05, 4.69) is 36.1 Å². The third-order valence-corrected chi connectivity index (χ3v) is 4.83. The Morgan fingerprint density at radius 3 is 2.80 bits per heavy atom. The molecule has 1 fully saturated rings. The zero-order chi connectivity index (χ0) is 17.8. The summed E-state index contributed by atoms with van der Waals surface area (Å²) >= 11 is 0. The van der Waals surface area contributed by atoms with Gasteiger partial charge in [-0.1, -0.05) is 43.3 Å². The molecule has 0 aliphatic carbocycles. The van der Waals surface area contributed by atoms with E-state index >= 15 is 0 Å². The number of carbonyl (C=O) groups is 1. The first-order chi connectivity index (χ1) is 12.1. The summed E-state index contributed by atoms with van der Waals surface area (Å²) in [6.07, 6.45) is 2.87. The van der Waals surface area contributed by atoms with Gasteiger partial charge in [0, 0.05) is 37.5 Å². The molecule has 3 rings (SSSR count). The monoisotopic (exact) mass is 342 g/mol. The number of carbonyl (C=O) groups excluding carboxylic acids is 1. The van der Waals surface area contributed by atoms with Gasteiger partial charge in [-0.05, 0) is 24.3 Å². The summed E-state index contributed by atoms with van der Waals surface area (Å²) in [4.78, 5) is 18.7. The highest BCUT2D eigenvalue weighted by Gasteiger charge is 2.27. The van der Waals surface area contributed by atoms with Gasteiger partial charge in [-0.2, -0.15) is 4.98 Å². The van der Waals surface area contributed by atoms with Crippen molar-refractivity contribution < 1.29 is 9.32 Å². The summed E-state index contributed by atoms with van der Waals surface area (Å²) in [6, 6.07) is 8.36. The molecule has 1 aromatic heterocycles. The second-order valence-corrected chi connectivity index (χ2v) is 6.91. The van der Waals surface area contributed by atoms with Crippen LogP contribution in [0.15, 0.2) is 28.8 Å². The Balaban J connectivity index is 1.59. The second kappa shape index (κ2) is 7.78. The Morgan fingerprint density at radius 1 is 1.36 bits per heavy atom. The van der Waals surface area contributed by atoms with Crippen molar-refractivity contribution in [1.82, 2.24) is 15.0 Å². The van der Waals surface area contributed by atoms with Crippen LogP contribution in [0.5, 0.6) is 0 Å². The molecular formula is C19H26N4O2. The molecule has 1 aromatic carbocycles. The molecule has 0 radical (unpaired) electrons. The standard InChI is InChI=1S/C19H26N4O2/c1-13(2)14-5-7-15(8-6-14)19-21-17(25-22-19)9-10-18(24)23-11-3-4-16(23)12-20/h5-8,13,16H,3-4,9-12,20H2,1-2H3. The largest absolute Gasteiger partial charge is 0.339 e. The van der Waals surface area contributed by atoms with Crippen LogP contribution in [0.4, 0.5) is 0 Å². The Morgan fingerprint density at radius 2 is 2.12 bits per heavy atom. The SMILES string of the molecule is CC(C)c1ccc(-c2noc(CCC(=O)N3CCCC3CN)n2)cc1. The van der Waals surface area contributed by atoms with Crippen LogP contribution in [0.3, 0.4) is 0 Å². The van der Waals surface area contributed by atoms with E-state index in [9.17, 15) is 4.79 Å². The number of benzene rings is 1. The van der Waals surface area contributed by atoms with Gasteiger partial charge < -0.3 is 15.2 Å². The summed E-state index contributed by atoms with van der Waals surface area (Å²) in [5.74, 6) is 1.68. The molecule has 6 nitrogen and oxygen atoms in total. The zero-order valence-corrected chi connectivity index (χ0v) is 14.9. The summed E-state index contributed by atoms with van der Waals surface area (Å²) in [7, 11) is 0. The van der Waals surface area contributed by atoms with E-state index in [4.69, 9.17) is 10.3 Å². The van der Waals surface area contributed by atoms with Gasteiger partial charge >= 0.3 is 0 Å². The molecular weight excluding hydrogens is 316 g/mol. The number of nitrogens with zero attached hydrogens (tertiary/aromatic N) is 3. The van der Waals surface area contributed by atoms with Crippen molar-refractivity contribution in [3.05, 3.63) is 35.7 Å². The molecule has 25 heavy (non-hydrogen) atoms. The molecule has 1 aliphatic rings. The molecule has 1 unspecified atom stereocenters. The summed E-state index contributed by atoms with van der Waals surface area (Å²) < 4.78 is 5.31. The summed E-state index contributed by atoms with van der Waals surface area (Å²) in [5, 5.41) is 4.04. The molecule has 134 valence electrons. The lowest BCUT2D eigenvalue weighted by Crippen LogP contribution is -2.40. The number of amides is 1. The van der Waals surface area contributed by atoms with Gasteiger partial charge in [0.15, 0.2) is 0 Å². The van der Waals surface area contributed by atoms with Crippen molar-refractivity contribution in [2.24, 2.45) is 5.73 Å². The average Bonchev–Trinajstić information content (AvgIpc) is 3.29. The number of aromatic nitrogens is 2. The topological polar surface area (TPSA) is 85.2 Å². The minimum Gasteiger partial charge on any atom is -0.339 e. The first kappa shape index (κ1) is 17.6. The van der Waals surface area contributed by atoms with Gasteiger partial charge in [-0.3, -0.25) is 4.79 Å². The Bertz CT molecular complexity index is 708. The van der Waals surface area contributed by atoms with Crippen LogP contribution >= 0.6 is 0 Å². The molecule has 1 amide bonds. The molecule has 2 N–H and O–H groups in total. The van der Waals surface area contributed by atoms with Crippen molar-refractivity contribution in [1.29, 1.82) is 0 Å². The molecule has 1 aliphatic heterocycles. The molecule has 2 heterocycles. The van der Waals surface area contributed by atoms with E-state index in [1.165, 1.54) is 5.56 Å². The van der Waals surface area contributed by atoms with Crippen LogP contribution in [0.25, 0.3) is 11.4 Å². The van der Waals surface area contributed by atoms with E-state index in [-0.39, 0.29) is 11.9 Å². The fraction of sp³-hybridized carbons (Fsp3) is 0.526. The molecule has 6 heteroatoms. The summed E-state index contributed by atoms with van der Waals surface area (Å²) in [5.41, 5.74) is 7.93. The average molecular weight is 342 g/mol. The maximum Gasteiger partial charge on any atom is 0.227 e. The molecule has 1 saturated heterocycles. The third-order valence-electron chi connectivity index (χ3n) is 4.83. The van der Waals surface area contributed by atoms with Crippen LogP contribution < -0.4 is 5.73 Å². The smallest absolute Gasteiger partial charge is 0.227 e. The number of aryl methyl sites for hydroxylation is 1. The van der Waals surface area contributed by atoms with Gasteiger partial charge in [0.05, 0.1) is 0 Å². The third kappa shape index (κ3) is 4.07. The van der Waals surface area contributed by atoms with Gasteiger partial charge in [0.25, 0.3) is 0 Å². The number of nitrogens with two attached hydrogens (primary N) is 1. The lowest BCUT2D eigenvalue weighted by atomic mass is 10.0.